The van der Waals surface area contributed by atoms with Crippen molar-refractivity contribution < 1.29 is 9.53 Å². The van der Waals surface area contributed by atoms with Crippen LogP contribution in [0, 0.1) is 6.92 Å². The maximum absolute atomic E-state index is 12.1. The normalized spacial score (nSPS) is 12.0. The Labute approximate surface area is 164 Å². The molecule has 26 heavy (non-hydrogen) atoms. The third-order valence-electron chi connectivity index (χ3n) is 4.64. The Balaban J connectivity index is 2.05. The van der Waals surface area contributed by atoms with Gasteiger partial charge in [0.25, 0.3) is 5.91 Å². The van der Waals surface area contributed by atoms with E-state index in [0.717, 1.165) is 18.5 Å². The molecule has 0 aliphatic carbocycles. The molecule has 1 N–H and O–H groups in total. The van der Waals surface area contributed by atoms with Gasteiger partial charge in [0.2, 0.25) is 0 Å². The van der Waals surface area contributed by atoms with Gasteiger partial charge < -0.3 is 10.1 Å². The third kappa shape index (κ3) is 10.1. The van der Waals surface area contributed by atoms with Crippen LogP contribution >= 0.6 is 11.6 Å². The number of nitrogens with one attached hydrogen (secondary N) is 1. The lowest BCUT2D eigenvalue weighted by Gasteiger charge is -2.16. The van der Waals surface area contributed by atoms with E-state index in [-0.39, 0.29) is 5.91 Å². The molecule has 0 aliphatic heterocycles. The number of carbonyl (C=O) groups excluding carboxylic acids is 1. The number of hydrogen-bond donors (Lipinski definition) is 1. The first-order chi connectivity index (χ1) is 12.5. The average Bonchev–Trinajstić information content (AvgIpc) is 2.61. The molecule has 1 unspecified atom stereocenters. The van der Waals surface area contributed by atoms with E-state index in [2.05, 4.69) is 12.2 Å². The van der Waals surface area contributed by atoms with Gasteiger partial charge in [0.15, 0.2) is 6.10 Å². The second-order valence-electron chi connectivity index (χ2n) is 7.14. The van der Waals surface area contributed by atoms with Crippen molar-refractivity contribution in [1.29, 1.82) is 0 Å². The van der Waals surface area contributed by atoms with E-state index in [1.165, 1.54) is 57.8 Å². The van der Waals surface area contributed by atoms with E-state index in [4.69, 9.17) is 16.3 Å². The summed E-state index contributed by atoms with van der Waals surface area (Å²) in [7, 11) is 0. The maximum Gasteiger partial charge on any atom is 0.260 e. The number of carbonyl (C=O) groups is 1. The molecule has 0 radical (unpaired) electrons. The zero-order chi connectivity index (χ0) is 19.2. The van der Waals surface area contributed by atoms with Gasteiger partial charge in [-0.05, 0) is 44.0 Å². The summed E-state index contributed by atoms with van der Waals surface area (Å²) in [4.78, 5) is 12.1. The summed E-state index contributed by atoms with van der Waals surface area (Å²) >= 11 is 5.94. The highest BCUT2D eigenvalue weighted by molar-refractivity contribution is 6.30. The van der Waals surface area contributed by atoms with E-state index in [1.807, 2.05) is 19.1 Å². The van der Waals surface area contributed by atoms with Crippen LogP contribution in [0.25, 0.3) is 0 Å². The minimum atomic E-state index is -0.502. The van der Waals surface area contributed by atoms with Crippen LogP contribution < -0.4 is 10.1 Å². The van der Waals surface area contributed by atoms with Crippen LogP contribution in [0.2, 0.25) is 5.02 Å². The lowest BCUT2D eigenvalue weighted by atomic mass is 10.1. The summed E-state index contributed by atoms with van der Waals surface area (Å²) in [6.45, 7) is 6.69. The fourth-order valence-electron chi connectivity index (χ4n) is 2.96. The third-order valence-corrected chi connectivity index (χ3v) is 4.87. The number of aryl methyl sites for hydroxylation is 1. The topological polar surface area (TPSA) is 38.3 Å². The van der Waals surface area contributed by atoms with Crippen molar-refractivity contribution >= 4 is 17.5 Å². The average molecular weight is 382 g/mol. The van der Waals surface area contributed by atoms with Crippen molar-refractivity contribution in [3.8, 4) is 5.75 Å². The van der Waals surface area contributed by atoms with Crippen molar-refractivity contribution in [2.75, 3.05) is 6.54 Å². The summed E-state index contributed by atoms with van der Waals surface area (Å²) in [5, 5.41) is 3.64. The highest BCUT2D eigenvalue weighted by Gasteiger charge is 2.15. The maximum atomic E-state index is 12.1. The zero-order valence-electron chi connectivity index (χ0n) is 16.8. The van der Waals surface area contributed by atoms with Crippen LogP contribution in [-0.4, -0.2) is 18.6 Å². The van der Waals surface area contributed by atoms with E-state index in [1.54, 1.807) is 13.0 Å². The summed E-state index contributed by atoms with van der Waals surface area (Å²) in [6, 6.07) is 5.42. The molecule has 0 saturated carbocycles. The standard InChI is InChI=1S/C22H36ClNO2/c1-4-5-6-7-8-9-10-11-12-13-16-24-22(25)19(3)26-21-15-14-20(23)17-18(21)2/h14-15,17,19H,4-13,16H2,1-3H3,(H,24,25). The highest BCUT2D eigenvalue weighted by atomic mass is 35.5. The molecule has 1 rings (SSSR count). The summed E-state index contributed by atoms with van der Waals surface area (Å²) in [6.07, 6.45) is 12.5. The Morgan fingerprint density at radius 2 is 1.62 bits per heavy atom. The smallest absolute Gasteiger partial charge is 0.260 e. The van der Waals surface area contributed by atoms with Crippen LogP contribution in [-0.2, 0) is 4.79 Å². The van der Waals surface area contributed by atoms with Crippen LogP contribution in [0.3, 0.4) is 0 Å². The van der Waals surface area contributed by atoms with Crippen LogP contribution in [0.5, 0.6) is 5.75 Å². The van der Waals surface area contributed by atoms with Gasteiger partial charge in [0.1, 0.15) is 5.75 Å². The summed E-state index contributed by atoms with van der Waals surface area (Å²) in [5.74, 6) is 0.645. The quantitative estimate of drug-likeness (QED) is 0.376. The number of benzene rings is 1. The molecule has 0 saturated heterocycles. The molecule has 0 spiro atoms. The van der Waals surface area contributed by atoms with Gasteiger partial charge in [-0.1, -0.05) is 76.3 Å². The highest BCUT2D eigenvalue weighted by Crippen LogP contribution is 2.22. The number of ether oxygens (including phenoxy) is 1. The Bertz CT molecular complexity index is 519. The number of hydrogen-bond acceptors (Lipinski definition) is 2. The van der Waals surface area contributed by atoms with E-state index >= 15 is 0 Å². The molecule has 1 aromatic rings. The Morgan fingerprint density at radius 1 is 1.04 bits per heavy atom. The molecular weight excluding hydrogens is 346 g/mol. The minimum Gasteiger partial charge on any atom is -0.481 e. The minimum absolute atomic E-state index is 0.0599. The second kappa shape index (κ2) is 13.9. The Morgan fingerprint density at radius 3 is 2.19 bits per heavy atom. The molecule has 0 heterocycles. The van der Waals surface area contributed by atoms with E-state index in [9.17, 15) is 4.79 Å². The molecule has 3 nitrogen and oxygen atoms in total. The monoisotopic (exact) mass is 381 g/mol. The van der Waals surface area contributed by atoms with Gasteiger partial charge in [-0.15, -0.1) is 0 Å². The number of halogens is 1. The fourth-order valence-corrected chi connectivity index (χ4v) is 3.18. The molecule has 0 fully saturated rings. The van der Waals surface area contributed by atoms with Crippen molar-refractivity contribution in [3.05, 3.63) is 28.8 Å². The second-order valence-corrected chi connectivity index (χ2v) is 7.58. The van der Waals surface area contributed by atoms with Gasteiger partial charge in [0, 0.05) is 11.6 Å². The van der Waals surface area contributed by atoms with Gasteiger partial charge in [-0.2, -0.15) is 0 Å². The number of unbranched alkanes of at least 4 members (excludes halogenated alkanes) is 9. The molecule has 1 aromatic carbocycles. The van der Waals surface area contributed by atoms with Crippen molar-refractivity contribution in [2.24, 2.45) is 0 Å². The predicted molar refractivity (Wildman–Crippen MR) is 111 cm³/mol. The molecule has 148 valence electrons. The molecule has 0 bridgehead atoms. The fraction of sp³-hybridized carbons (Fsp3) is 0.682. The zero-order valence-corrected chi connectivity index (χ0v) is 17.5. The predicted octanol–water partition coefficient (Wildman–Crippen LogP) is 6.45. The summed E-state index contributed by atoms with van der Waals surface area (Å²) in [5.41, 5.74) is 0.937. The molecule has 1 atom stereocenters. The van der Waals surface area contributed by atoms with Crippen LogP contribution in [0.4, 0.5) is 0 Å². The van der Waals surface area contributed by atoms with Crippen molar-refractivity contribution in [3.63, 3.8) is 0 Å². The van der Waals surface area contributed by atoms with Gasteiger partial charge in [0.05, 0.1) is 0 Å². The first-order valence-electron chi connectivity index (χ1n) is 10.2. The first-order valence-corrected chi connectivity index (χ1v) is 10.6. The SMILES string of the molecule is CCCCCCCCCCCCNC(=O)C(C)Oc1ccc(Cl)cc1C. The Kier molecular flexibility index (Phi) is 12.2. The van der Waals surface area contributed by atoms with Gasteiger partial charge in [-0.3, -0.25) is 4.79 Å². The molecule has 0 aromatic heterocycles. The van der Waals surface area contributed by atoms with Crippen LogP contribution in [0.15, 0.2) is 18.2 Å². The molecule has 0 aliphatic rings. The van der Waals surface area contributed by atoms with Gasteiger partial charge in [-0.25, -0.2) is 0 Å². The van der Waals surface area contributed by atoms with Crippen molar-refractivity contribution in [1.82, 2.24) is 5.32 Å². The number of amides is 1. The Hall–Kier alpha value is -1.22. The molecule has 1 amide bonds. The van der Waals surface area contributed by atoms with Gasteiger partial charge >= 0.3 is 0 Å². The molecular formula is C22H36ClNO2. The van der Waals surface area contributed by atoms with Crippen LogP contribution in [0.1, 0.15) is 83.6 Å². The first kappa shape index (κ1) is 22.8. The number of rotatable bonds is 14. The van der Waals surface area contributed by atoms with E-state index < -0.39 is 6.10 Å². The summed E-state index contributed by atoms with van der Waals surface area (Å²) < 4.78 is 5.74. The lowest BCUT2D eigenvalue weighted by Crippen LogP contribution is -2.36. The van der Waals surface area contributed by atoms with Crippen molar-refractivity contribution in [2.45, 2.75) is 91.1 Å². The lowest BCUT2D eigenvalue weighted by molar-refractivity contribution is -0.127. The van der Waals surface area contributed by atoms with E-state index in [0.29, 0.717) is 10.8 Å². The molecule has 4 heteroatoms. The largest absolute Gasteiger partial charge is 0.481 e.